The van der Waals surface area contributed by atoms with E-state index in [1.165, 1.54) is 83.5 Å². The van der Waals surface area contributed by atoms with Crippen LogP contribution in [0.5, 0.6) is 0 Å². The van der Waals surface area contributed by atoms with Crippen LogP contribution in [-0.2, 0) is 4.79 Å². The van der Waals surface area contributed by atoms with Gasteiger partial charge in [-0.3, -0.25) is 10.1 Å². The molecule has 4 heteroatoms. The Balaban J connectivity index is 3.27. The number of unbranched alkanes of at least 4 members (excludes halogenated alkanes) is 14. The second-order valence-corrected chi connectivity index (χ2v) is 7.91. The molecule has 1 amide bonds. The van der Waals surface area contributed by atoms with E-state index in [9.17, 15) is 4.79 Å². The summed E-state index contributed by atoms with van der Waals surface area (Å²) >= 11 is 0. The fourth-order valence-corrected chi connectivity index (χ4v) is 3.46. The topological polar surface area (TPSA) is 61.4 Å². The van der Waals surface area contributed by atoms with Gasteiger partial charge in [0, 0.05) is 13.0 Å². The van der Waals surface area contributed by atoms with Crippen LogP contribution in [0.3, 0.4) is 0 Å². The third-order valence-corrected chi connectivity index (χ3v) is 5.25. The molecule has 0 aromatic heterocycles. The molecule has 4 nitrogen and oxygen atoms in total. The highest BCUT2D eigenvalue weighted by atomic mass is 16.3. The van der Waals surface area contributed by atoms with Crippen LogP contribution in [0.4, 0.5) is 0 Å². The van der Waals surface area contributed by atoms with E-state index < -0.39 is 0 Å². The maximum absolute atomic E-state index is 11.9. The van der Waals surface area contributed by atoms with E-state index in [1.807, 2.05) is 6.92 Å². The van der Waals surface area contributed by atoms with Gasteiger partial charge in [-0.2, -0.15) is 0 Å². The third-order valence-electron chi connectivity index (χ3n) is 5.25. The zero-order valence-corrected chi connectivity index (χ0v) is 18.4. The molecule has 27 heavy (non-hydrogen) atoms. The highest BCUT2D eigenvalue weighted by Gasteiger charge is 2.08. The maximum atomic E-state index is 11.9. The van der Waals surface area contributed by atoms with Gasteiger partial charge in [0.15, 0.2) is 0 Å². The zero-order valence-electron chi connectivity index (χ0n) is 18.4. The molecule has 0 aliphatic rings. The van der Waals surface area contributed by atoms with E-state index in [0.717, 1.165) is 19.3 Å². The Morgan fingerprint density at radius 1 is 0.741 bits per heavy atom. The Bertz CT molecular complexity index is 311. The number of hydrogen-bond donors (Lipinski definition) is 3. The molecule has 0 saturated carbocycles. The van der Waals surface area contributed by atoms with Crippen molar-refractivity contribution in [2.75, 3.05) is 13.2 Å². The van der Waals surface area contributed by atoms with E-state index in [0.29, 0.717) is 13.0 Å². The van der Waals surface area contributed by atoms with Crippen molar-refractivity contribution in [1.82, 2.24) is 10.6 Å². The van der Waals surface area contributed by atoms with Crippen molar-refractivity contribution in [1.29, 1.82) is 0 Å². The third kappa shape index (κ3) is 19.9. The van der Waals surface area contributed by atoms with Gasteiger partial charge < -0.3 is 10.4 Å². The lowest BCUT2D eigenvalue weighted by Gasteiger charge is -2.18. The number of carbonyl (C=O) groups is 1. The first-order chi connectivity index (χ1) is 13.2. The predicted octanol–water partition coefficient (Wildman–Crippen LogP) is 5.68. The fourth-order valence-electron chi connectivity index (χ4n) is 3.46. The first kappa shape index (κ1) is 26.4. The van der Waals surface area contributed by atoms with E-state index >= 15 is 0 Å². The van der Waals surface area contributed by atoms with Gasteiger partial charge in [-0.1, -0.05) is 104 Å². The molecule has 1 atom stereocenters. The molecule has 0 saturated heterocycles. The van der Waals surface area contributed by atoms with Crippen LogP contribution >= 0.6 is 0 Å². The maximum Gasteiger partial charge on any atom is 0.221 e. The Hall–Kier alpha value is -0.610. The van der Waals surface area contributed by atoms with Gasteiger partial charge in [0.05, 0.1) is 12.8 Å². The van der Waals surface area contributed by atoms with Crippen molar-refractivity contribution in [3.63, 3.8) is 0 Å². The van der Waals surface area contributed by atoms with E-state index in [-0.39, 0.29) is 18.7 Å². The molecule has 0 aromatic carbocycles. The number of aliphatic hydroxyl groups excluding tert-OH is 1. The van der Waals surface area contributed by atoms with Crippen molar-refractivity contribution in [2.45, 2.75) is 129 Å². The quantitative estimate of drug-likeness (QED) is 0.176. The van der Waals surface area contributed by atoms with E-state index in [1.54, 1.807) is 0 Å². The first-order valence-electron chi connectivity index (χ1n) is 11.9. The number of hydrogen-bond acceptors (Lipinski definition) is 3. The Morgan fingerprint density at radius 2 is 1.19 bits per heavy atom. The first-order valence-corrected chi connectivity index (χ1v) is 11.9. The van der Waals surface area contributed by atoms with Crippen LogP contribution in [0.15, 0.2) is 0 Å². The fraction of sp³-hybridized carbons (Fsp3) is 0.957. The van der Waals surface area contributed by atoms with E-state index in [2.05, 4.69) is 17.6 Å². The summed E-state index contributed by atoms with van der Waals surface area (Å²) in [5, 5.41) is 14.9. The second-order valence-electron chi connectivity index (χ2n) is 7.91. The molecule has 0 fully saturated rings. The summed E-state index contributed by atoms with van der Waals surface area (Å²) in [7, 11) is 0. The highest BCUT2D eigenvalue weighted by Crippen LogP contribution is 2.13. The molecule has 162 valence electrons. The smallest absolute Gasteiger partial charge is 0.221 e. The highest BCUT2D eigenvalue weighted by molar-refractivity contribution is 5.76. The summed E-state index contributed by atoms with van der Waals surface area (Å²) in [5.74, 6) is 0.127. The van der Waals surface area contributed by atoms with Crippen molar-refractivity contribution in [3.8, 4) is 0 Å². The van der Waals surface area contributed by atoms with Crippen LogP contribution in [0.25, 0.3) is 0 Å². The molecule has 1 unspecified atom stereocenters. The summed E-state index contributed by atoms with van der Waals surface area (Å²) in [5.41, 5.74) is 0. The standard InChI is InChI=1S/C23H48N2O2/c1-3-5-6-7-8-9-10-11-12-13-14-15-16-17-18-19-23(27)25-22(4-2)24-20-21-26/h22,24,26H,3-21H2,1-2H3,(H,25,27). The lowest BCUT2D eigenvalue weighted by molar-refractivity contribution is -0.122. The number of amides is 1. The van der Waals surface area contributed by atoms with Crippen molar-refractivity contribution in [3.05, 3.63) is 0 Å². The van der Waals surface area contributed by atoms with Gasteiger partial charge in [0.2, 0.25) is 5.91 Å². The zero-order chi connectivity index (χ0) is 20.0. The predicted molar refractivity (Wildman–Crippen MR) is 117 cm³/mol. The molecule has 3 N–H and O–H groups in total. The summed E-state index contributed by atoms with van der Waals surface area (Å²) in [6, 6.07) is 0. The number of nitrogens with one attached hydrogen (secondary N) is 2. The largest absolute Gasteiger partial charge is 0.395 e. The van der Waals surface area contributed by atoms with Crippen LogP contribution in [0.2, 0.25) is 0 Å². The van der Waals surface area contributed by atoms with Crippen LogP contribution in [-0.4, -0.2) is 30.3 Å². The van der Waals surface area contributed by atoms with Crippen LogP contribution in [0, 0.1) is 0 Å². The van der Waals surface area contributed by atoms with Gasteiger partial charge in [0.1, 0.15) is 0 Å². The van der Waals surface area contributed by atoms with Crippen molar-refractivity contribution in [2.24, 2.45) is 0 Å². The summed E-state index contributed by atoms with van der Waals surface area (Å²) in [6.45, 7) is 4.94. The molecular weight excluding hydrogens is 336 g/mol. The summed E-state index contributed by atoms with van der Waals surface area (Å²) in [4.78, 5) is 11.9. The minimum atomic E-state index is -0.0130. The van der Waals surface area contributed by atoms with Gasteiger partial charge in [-0.25, -0.2) is 0 Å². The van der Waals surface area contributed by atoms with Crippen molar-refractivity contribution < 1.29 is 9.90 Å². The molecule has 0 heterocycles. The van der Waals surface area contributed by atoms with Gasteiger partial charge in [-0.05, 0) is 12.8 Å². The molecule has 0 radical (unpaired) electrons. The van der Waals surface area contributed by atoms with Crippen LogP contribution in [0.1, 0.15) is 123 Å². The molecule has 0 bridgehead atoms. The molecule has 0 spiro atoms. The lowest BCUT2D eigenvalue weighted by atomic mass is 10.0. The monoisotopic (exact) mass is 384 g/mol. The van der Waals surface area contributed by atoms with Gasteiger partial charge >= 0.3 is 0 Å². The van der Waals surface area contributed by atoms with E-state index in [4.69, 9.17) is 5.11 Å². The summed E-state index contributed by atoms with van der Waals surface area (Å²) < 4.78 is 0. The Labute approximate surface area is 169 Å². The average molecular weight is 385 g/mol. The normalized spacial score (nSPS) is 12.3. The van der Waals surface area contributed by atoms with Crippen LogP contribution < -0.4 is 10.6 Å². The summed E-state index contributed by atoms with van der Waals surface area (Å²) in [6.07, 6.45) is 21.6. The Morgan fingerprint density at radius 3 is 1.59 bits per heavy atom. The number of carbonyl (C=O) groups excluding carboxylic acids is 1. The number of rotatable bonds is 21. The Kier molecular flexibility index (Phi) is 21.2. The SMILES string of the molecule is CCCCCCCCCCCCCCCCCC(=O)NC(CC)NCCO. The van der Waals surface area contributed by atoms with Gasteiger partial charge in [-0.15, -0.1) is 0 Å². The average Bonchev–Trinajstić information content (AvgIpc) is 2.68. The van der Waals surface area contributed by atoms with Crippen molar-refractivity contribution >= 4 is 5.91 Å². The number of aliphatic hydroxyl groups is 1. The lowest BCUT2D eigenvalue weighted by Crippen LogP contribution is -2.45. The molecule has 0 aliphatic carbocycles. The molecule has 0 rings (SSSR count). The molecular formula is C23H48N2O2. The minimum Gasteiger partial charge on any atom is -0.395 e. The second kappa shape index (κ2) is 21.7. The van der Waals surface area contributed by atoms with Gasteiger partial charge in [0.25, 0.3) is 0 Å². The molecule has 0 aromatic rings. The minimum absolute atomic E-state index is 0.0130. The molecule has 0 aliphatic heterocycles.